The molecule has 1 aliphatic carbocycles. The lowest BCUT2D eigenvalue weighted by atomic mass is 9.97. The second-order valence-corrected chi connectivity index (χ2v) is 6.81. The summed E-state index contributed by atoms with van der Waals surface area (Å²) < 4.78 is 1.61. The number of halogens is 1. The van der Waals surface area contributed by atoms with Crippen molar-refractivity contribution in [3.8, 4) is 5.69 Å². The standard InChI is InChI=1S/C16H13ClN2OS/c17-10-5-7-11(8-6-10)19-9-18-15-14(16(19)20)12-3-1-2-4-13(12)21-15/h5-9H,1-4H2. The molecule has 106 valence electrons. The van der Waals surface area contributed by atoms with Crippen molar-refractivity contribution >= 4 is 33.2 Å². The van der Waals surface area contributed by atoms with Crippen LogP contribution in [-0.2, 0) is 12.8 Å². The molecule has 1 aromatic carbocycles. The van der Waals surface area contributed by atoms with E-state index in [1.807, 2.05) is 12.1 Å². The van der Waals surface area contributed by atoms with Gasteiger partial charge >= 0.3 is 0 Å². The van der Waals surface area contributed by atoms with Gasteiger partial charge in [-0.15, -0.1) is 11.3 Å². The molecule has 5 heteroatoms. The molecule has 0 spiro atoms. The molecule has 2 heterocycles. The van der Waals surface area contributed by atoms with E-state index >= 15 is 0 Å². The molecule has 2 aromatic heterocycles. The van der Waals surface area contributed by atoms with Crippen LogP contribution in [0.1, 0.15) is 23.3 Å². The number of hydrogen-bond acceptors (Lipinski definition) is 3. The van der Waals surface area contributed by atoms with Crippen molar-refractivity contribution in [3.63, 3.8) is 0 Å². The minimum Gasteiger partial charge on any atom is -0.268 e. The van der Waals surface area contributed by atoms with Crippen LogP contribution in [0.2, 0.25) is 5.02 Å². The van der Waals surface area contributed by atoms with Crippen LogP contribution in [0.15, 0.2) is 35.4 Å². The number of hydrogen-bond donors (Lipinski definition) is 0. The maximum absolute atomic E-state index is 12.8. The Morgan fingerprint density at radius 1 is 1.14 bits per heavy atom. The van der Waals surface area contributed by atoms with Crippen LogP contribution in [0.4, 0.5) is 0 Å². The summed E-state index contributed by atoms with van der Waals surface area (Å²) in [6.07, 6.45) is 6.07. The minimum absolute atomic E-state index is 0.0294. The second kappa shape index (κ2) is 4.97. The van der Waals surface area contributed by atoms with Crippen LogP contribution in [0, 0.1) is 0 Å². The first-order chi connectivity index (χ1) is 10.2. The fourth-order valence-corrected chi connectivity index (χ4v) is 4.28. The SMILES string of the molecule is O=c1c2c3c(sc2ncn1-c1ccc(Cl)cc1)CCCC3. The number of fused-ring (bicyclic) bond motifs is 3. The molecule has 0 aliphatic heterocycles. The molecule has 0 radical (unpaired) electrons. The van der Waals surface area contributed by atoms with Gasteiger partial charge in [0.1, 0.15) is 11.2 Å². The fourth-order valence-electron chi connectivity index (χ4n) is 2.93. The monoisotopic (exact) mass is 316 g/mol. The zero-order chi connectivity index (χ0) is 14.4. The molecule has 4 rings (SSSR count). The van der Waals surface area contributed by atoms with Crippen molar-refractivity contribution in [2.45, 2.75) is 25.7 Å². The first kappa shape index (κ1) is 13.0. The van der Waals surface area contributed by atoms with Crippen LogP contribution in [0.3, 0.4) is 0 Å². The van der Waals surface area contributed by atoms with E-state index in [4.69, 9.17) is 11.6 Å². The average molecular weight is 317 g/mol. The van der Waals surface area contributed by atoms with Crippen LogP contribution in [0.25, 0.3) is 15.9 Å². The highest BCUT2D eigenvalue weighted by molar-refractivity contribution is 7.18. The first-order valence-corrected chi connectivity index (χ1v) is 8.21. The summed E-state index contributed by atoms with van der Waals surface area (Å²) in [4.78, 5) is 19.6. The summed E-state index contributed by atoms with van der Waals surface area (Å²) in [6, 6.07) is 7.26. The summed E-state index contributed by atoms with van der Waals surface area (Å²) in [6.45, 7) is 0. The Hall–Kier alpha value is -1.65. The normalized spacial score (nSPS) is 14.3. The smallest absolute Gasteiger partial charge is 0.266 e. The maximum atomic E-state index is 12.8. The number of aryl methyl sites for hydroxylation is 2. The lowest BCUT2D eigenvalue weighted by Crippen LogP contribution is -2.19. The zero-order valence-electron chi connectivity index (χ0n) is 11.3. The van der Waals surface area contributed by atoms with Crippen molar-refractivity contribution in [1.82, 2.24) is 9.55 Å². The van der Waals surface area contributed by atoms with Crippen molar-refractivity contribution in [1.29, 1.82) is 0 Å². The molecule has 0 atom stereocenters. The summed E-state index contributed by atoms with van der Waals surface area (Å²) in [5.41, 5.74) is 2.05. The van der Waals surface area contributed by atoms with Gasteiger partial charge in [-0.1, -0.05) is 11.6 Å². The van der Waals surface area contributed by atoms with Gasteiger partial charge in [0.25, 0.3) is 5.56 Å². The molecule has 21 heavy (non-hydrogen) atoms. The van der Waals surface area contributed by atoms with E-state index < -0.39 is 0 Å². The van der Waals surface area contributed by atoms with Gasteiger partial charge in [0.2, 0.25) is 0 Å². The Kier molecular flexibility index (Phi) is 3.08. The predicted molar refractivity (Wildman–Crippen MR) is 86.9 cm³/mol. The summed E-state index contributed by atoms with van der Waals surface area (Å²) in [5, 5.41) is 1.47. The third-order valence-electron chi connectivity index (χ3n) is 3.98. The minimum atomic E-state index is 0.0294. The Morgan fingerprint density at radius 3 is 2.71 bits per heavy atom. The molecule has 0 saturated carbocycles. The van der Waals surface area contributed by atoms with E-state index in [-0.39, 0.29) is 5.56 Å². The number of benzene rings is 1. The van der Waals surface area contributed by atoms with Crippen molar-refractivity contribution in [3.05, 3.63) is 56.4 Å². The van der Waals surface area contributed by atoms with Gasteiger partial charge in [0.05, 0.1) is 11.1 Å². The van der Waals surface area contributed by atoms with Gasteiger partial charge in [0.15, 0.2) is 0 Å². The van der Waals surface area contributed by atoms with E-state index in [1.54, 1.807) is 34.4 Å². The molecule has 0 saturated heterocycles. The van der Waals surface area contributed by atoms with Crippen LogP contribution < -0.4 is 5.56 Å². The van der Waals surface area contributed by atoms with Gasteiger partial charge in [-0.05, 0) is 55.5 Å². The van der Waals surface area contributed by atoms with Crippen LogP contribution in [0.5, 0.6) is 0 Å². The van der Waals surface area contributed by atoms with E-state index in [9.17, 15) is 4.79 Å². The number of nitrogens with zero attached hydrogens (tertiary/aromatic N) is 2. The third-order valence-corrected chi connectivity index (χ3v) is 5.43. The quantitative estimate of drug-likeness (QED) is 0.680. The van der Waals surface area contributed by atoms with Crippen LogP contribution >= 0.6 is 22.9 Å². The largest absolute Gasteiger partial charge is 0.268 e. The lowest BCUT2D eigenvalue weighted by molar-refractivity contribution is 0.699. The van der Waals surface area contributed by atoms with Crippen molar-refractivity contribution in [2.24, 2.45) is 0 Å². The molecule has 3 nitrogen and oxygen atoms in total. The zero-order valence-corrected chi connectivity index (χ0v) is 12.9. The predicted octanol–water partition coefficient (Wildman–Crippen LogP) is 3.98. The summed E-state index contributed by atoms with van der Waals surface area (Å²) >= 11 is 7.58. The topological polar surface area (TPSA) is 34.9 Å². The number of aromatic nitrogens is 2. The average Bonchev–Trinajstić information content (AvgIpc) is 2.88. The van der Waals surface area contributed by atoms with Gasteiger partial charge in [0, 0.05) is 9.90 Å². The highest BCUT2D eigenvalue weighted by Crippen LogP contribution is 2.33. The van der Waals surface area contributed by atoms with Gasteiger partial charge in [-0.3, -0.25) is 9.36 Å². The van der Waals surface area contributed by atoms with E-state index in [1.165, 1.54) is 16.9 Å². The van der Waals surface area contributed by atoms with Gasteiger partial charge in [-0.2, -0.15) is 0 Å². The fraction of sp³-hybridized carbons (Fsp3) is 0.250. The molecule has 0 unspecified atom stereocenters. The highest BCUT2D eigenvalue weighted by Gasteiger charge is 2.20. The van der Waals surface area contributed by atoms with E-state index in [0.29, 0.717) is 5.02 Å². The van der Waals surface area contributed by atoms with Gasteiger partial charge < -0.3 is 0 Å². The molecule has 3 aromatic rings. The third kappa shape index (κ3) is 2.10. The summed E-state index contributed by atoms with van der Waals surface area (Å²) in [5.74, 6) is 0. The Balaban J connectivity index is 1.97. The van der Waals surface area contributed by atoms with Crippen LogP contribution in [-0.4, -0.2) is 9.55 Å². The number of rotatable bonds is 1. The van der Waals surface area contributed by atoms with Gasteiger partial charge in [-0.25, -0.2) is 4.98 Å². The molecular weight excluding hydrogens is 304 g/mol. The summed E-state index contributed by atoms with van der Waals surface area (Å²) in [7, 11) is 0. The molecular formula is C16H13ClN2OS. The van der Waals surface area contributed by atoms with E-state index in [2.05, 4.69) is 4.98 Å². The van der Waals surface area contributed by atoms with Crippen molar-refractivity contribution < 1.29 is 0 Å². The number of thiophene rings is 1. The second-order valence-electron chi connectivity index (χ2n) is 5.29. The Morgan fingerprint density at radius 2 is 1.90 bits per heavy atom. The molecule has 0 N–H and O–H groups in total. The molecule has 0 bridgehead atoms. The Labute approximate surface area is 130 Å². The lowest BCUT2D eigenvalue weighted by Gasteiger charge is -2.10. The van der Waals surface area contributed by atoms with E-state index in [0.717, 1.165) is 35.2 Å². The Bertz CT molecular complexity index is 880. The van der Waals surface area contributed by atoms with Crippen molar-refractivity contribution in [2.75, 3.05) is 0 Å². The molecule has 0 amide bonds. The maximum Gasteiger partial charge on any atom is 0.266 e. The highest BCUT2D eigenvalue weighted by atomic mass is 35.5. The molecule has 1 aliphatic rings. The molecule has 0 fully saturated rings. The first-order valence-electron chi connectivity index (χ1n) is 7.02.